The largest absolute Gasteiger partial charge is 0.395 e. The van der Waals surface area contributed by atoms with E-state index in [2.05, 4.69) is 41.9 Å². The number of aliphatic hydroxyl groups is 1. The zero-order valence-corrected chi connectivity index (χ0v) is 11.0. The van der Waals surface area contributed by atoms with Crippen molar-refractivity contribution >= 4 is 10.9 Å². The van der Waals surface area contributed by atoms with Crippen molar-refractivity contribution in [3.63, 3.8) is 0 Å². The van der Waals surface area contributed by atoms with Crippen molar-refractivity contribution in [2.75, 3.05) is 13.2 Å². The summed E-state index contributed by atoms with van der Waals surface area (Å²) in [6, 6.07) is 12.7. The first-order valence-corrected chi connectivity index (χ1v) is 6.40. The van der Waals surface area contributed by atoms with E-state index in [9.17, 15) is 0 Å². The van der Waals surface area contributed by atoms with E-state index in [0.29, 0.717) is 12.6 Å². The predicted molar refractivity (Wildman–Crippen MR) is 74.4 cm³/mol. The Balaban J connectivity index is 2.20. The van der Waals surface area contributed by atoms with Crippen LogP contribution >= 0.6 is 0 Å². The molecule has 0 spiro atoms. The van der Waals surface area contributed by atoms with Gasteiger partial charge in [0.15, 0.2) is 0 Å². The molecule has 96 valence electrons. The molecular formula is C15H20N2O. The van der Waals surface area contributed by atoms with Gasteiger partial charge >= 0.3 is 0 Å². The smallest absolute Gasteiger partial charge is 0.0705 e. The molecule has 0 saturated heterocycles. The summed E-state index contributed by atoms with van der Waals surface area (Å²) < 4.78 is 0. The minimum atomic E-state index is 0.186. The number of hydrogen-bond donors (Lipinski definition) is 1. The molecule has 2 rings (SSSR count). The average Bonchev–Trinajstić information content (AvgIpc) is 2.38. The predicted octanol–water partition coefficient (Wildman–Crippen LogP) is 2.44. The van der Waals surface area contributed by atoms with E-state index in [1.54, 1.807) is 0 Å². The van der Waals surface area contributed by atoms with Crippen LogP contribution in [0.4, 0.5) is 0 Å². The van der Waals surface area contributed by atoms with Crippen LogP contribution in [0.25, 0.3) is 10.9 Å². The molecule has 0 aliphatic carbocycles. The van der Waals surface area contributed by atoms with E-state index in [0.717, 1.165) is 17.8 Å². The lowest BCUT2D eigenvalue weighted by molar-refractivity contribution is 0.158. The number of aliphatic hydroxyl groups excluding tert-OH is 1. The molecule has 0 bridgehead atoms. The maximum absolute atomic E-state index is 9.07. The van der Waals surface area contributed by atoms with E-state index in [1.165, 1.54) is 5.39 Å². The molecule has 3 heteroatoms. The average molecular weight is 244 g/mol. The summed E-state index contributed by atoms with van der Waals surface area (Å²) in [5.74, 6) is 0. The second-order valence-electron chi connectivity index (χ2n) is 4.78. The first kappa shape index (κ1) is 13.0. The van der Waals surface area contributed by atoms with Crippen LogP contribution in [-0.4, -0.2) is 34.2 Å². The van der Waals surface area contributed by atoms with E-state index in [1.807, 2.05) is 18.2 Å². The van der Waals surface area contributed by atoms with Gasteiger partial charge in [-0.15, -0.1) is 0 Å². The third kappa shape index (κ3) is 3.06. The molecule has 0 atom stereocenters. The standard InChI is InChI=1S/C15H20N2O/c1-12(2)17(9-10-18)11-14-8-7-13-5-3-4-6-15(13)16-14/h3-8,12,18H,9-11H2,1-2H3. The van der Waals surface area contributed by atoms with Crippen LogP contribution in [0.3, 0.4) is 0 Å². The van der Waals surface area contributed by atoms with Crippen LogP contribution in [-0.2, 0) is 6.54 Å². The number of benzene rings is 1. The molecule has 1 aromatic carbocycles. The summed E-state index contributed by atoms with van der Waals surface area (Å²) >= 11 is 0. The van der Waals surface area contributed by atoms with Gasteiger partial charge in [0.2, 0.25) is 0 Å². The van der Waals surface area contributed by atoms with Crippen molar-refractivity contribution in [3.8, 4) is 0 Å². The Bertz CT molecular complexity index is 511. The minimum absolute atomic E-state index is 0.186. The van der Waals surface area contributed by atoms with Crippen molar-refractivity contribution in [1.29, 1.82) is 0 Å². The van der Waals surface area contributed by atoms with Gasteiger partial charge in [0.25, 0.3) is 0 Å². The van der Waals surface area contributed by atoms with Crippen LogP contribution in [0.1, 0.15) is 19.5 Å². The lowest BCUT2D eigenvalue weighted by atomic mass is 10.2. The molecule has 0 unspecified atom stereocenters. The quantitative estimate of drug-likeness (QED) is 0.877. The Morgan fingerprint density at radius 3 is 2.67 bits per heavy atom. The van der Waals surface area contributed by atoms with Crippen LogP contribution in [0.15, 0.2) is 36.4 Å². The van der Waals surface area contributed by atoms with Gasteiger partial charge in [-0.2, -0.15) is 0 Å². The molecule has 1 aromatic heterocycles. The van der Waals surface area contributed by atoms with E-state index < -0.39 is 0 Å². The fourth-order valence-corrected chi connectivity index (χ4v) is 2.05. The minimum Gasteiger partial charge on any atom is -0.395 e. The summed E-state index contributed by atoms with van der Waals surface area (Å²) in [5.41, 5.74) is 2.08. The summed E-state index contributed by atoms with van der Waals surface area (Å²) in [6.07, 6.45) is 0. The highest BCUT2D eigenvalue weighted by molar-refractivity contribution is 5.78. The maximum atomic E-state index is 9.07. The topological polar surface area (TPSA) is 36.4 Å². The zero-order valence-electron chi connectivity index (χ0n) is 11.0. The van der Waals surface area contributed by atoms with Crippen LogP contribution in [0, 0.1) is 0 Å². The third-order valence-electron chi connectivity index (χ3n) is 3.14. The molecule has 0 aliphatic heterocycles. The zero-order chi connectivity index (χ0) is 13.0. The number of fused-ring (bicyclic) bond motifs is 1. The molecule has 3 nitrogen and oxygen atoms in total. The van der Waals surface area contributed by atoms with Crippen molar-refractivity contribution in [2.24, 2.45) is 0 Å². The number of rotatable bonds is 5. The van der Waals surface area contributed by atoms with Crippen molar-refractivity contribution < 1.29 is 5.11 Å². The van der Waals surface area contributed by atoms with Gasteiger partial charge in [0.1, 0.15) is 0 Å². The SMILES string of the molecule is CC(C)N(CCO)Cc1ccc2ccccc2n1. The van der Waals surface area contributed by atoms with E-state index >= 15 is 0 Å². The highest BCUT2D eigenvalue weighted by Crippen LogP contribution is 2.13. The first-order valence-electron chi connectivity index (χ1n) is 6.40. The number of pyridine rings is 1. The molecule has 0 saturated carbocycles. The van der Waals surface area contributed by atoms with E-state index in [-0.39, 0.29) is 6.61 Å². The fourth-order valence-electron chi connectivity index (χ4n) is 2.05. The Morgan fingerprint density at radius 1 is 1.17 bits per heavy atom. The van der Waals surface area contributed by atoms with Gasteiger partial charge in [-0.1, -0.05) is 24.3 Å². The highest BCUT2D eigenvalue weighted by atomic mass is 16.3. The van der Waals surface area contributed by atoms with Crippen LogP contribution < -0.4 is 0 Å². The van der Waals surface area contributed by atoms with E-state index in [4.69, 9.17) is 5.11 Å². The fraction of sp³-hybridized carbons (Fsp3) is 0.400. The summed E-state index contributed by atoms with van der Waals surface area (Å²) in [6.45, 7) is 5.93. The van der Waals surface area contributed by atoms with Gasteiger partial charge in [-0.05, 0) is 26.0 Å². The molecule has 0 fully saturated rings. The van der Waals surface area contributed by atoms with Crippen LogP contribution in [0.2, 0.25) is 0 Å². The van der Waals surface area contributed by atoms with Crippen molar-refractivity contribution in [3.05, 3.63) is 42.1 Å². The number of para-hydroxylation sites is 1. The first-order chi connectivity index (χ1) is 8.70. The second-order valence-corrected chi connectivity index (χ2v) is 4.78. The van der Waals surface area contributed by atoms with Gasteiger partial charge < -0.3 is 5.11 Å². The molecule has 1 N–H and O–H groups in total. The molecule has 2 aromatic rings. The summed E-state index contributed by atoms with van der Waals surface area (Å²) in [4.78, 5) is 6.88. The Morgan fingerprint density at radius 2 is 1.94 bits per heavy atom. The normalized spacial score (nSPS) is 11.6. The molecule has 18 heavy (non-hydrogen) atoms. The number of aromatic nitrogens is 1. The Kier molecular flexibility index (Phi) is 4.28. The Labute approximate surface area is 108 Å². The molecular weight excluding hydrogens is 224 g/mol. The van der Waals surface area contributed by atoms with Gasteiger partial charge in [-0.3, -0.25) is 9.88 Å². The molecule has 1 heterocycles. The number of hydrogen-bond acceptors (Lipinski definition) is 3. The molecule has 0 amide bonds. The van der Waals surface area contributed by atoms with Crippen LogP contribution in [0.5, 0.6) is 0 Å². The maximum Gasteiger partial charge on any atom is 0.0705 e. The molecule has 0 aliphatic rings. The van der Waals surface area contributed by atoms with Gasteiger partial charge in [-0.25, -0.2) is 0 Å². The van der Waals surface area contributed by atoms with Gasteiger partial charge in [0.05, 0.1) is 17.8 Å². The second kappa shape index (κ2) is 5.94. The monoisotopic (exact) mass is 244 g/mol. The van der Waals surface area contributed by atoms with Crippen molar-refractivity contribution in [1.82, 2.24) is 9.88 Å². The lowest BCUT2D eigenvalue weighted by Crippen LogP contribution is -2.33. The van der Waals surface area contributed by atoms with Crippen molar-refractivity contribution in [2.45, 2.75) is 26.4 Å². The summed E-state index contributed by atoms with van der Waals surface area (Å²) in [7, 11) is 0. The third-order valence-corrected chi connectivity index (χ3v) is 3.14. The molecule has 0 radical (unpaired) electrons. The highest BCUT2D eigenvalue weighted by Gasteiger charge is 2.10. The number of nitrogens with zero attached hydrogens (tertiary/aromatic N) is 2. The Hall–Kier alpha value is -1.45. The summed E-state index contributed by atoms with van der Waals surface area (Å²) in [5, 5.41) is 10.2. The lowest BCUT2D eigenvalue weighted by Gasteiger charge is -2.25. The van der Waals surface area contributed by atoms with Gasteiger partial charge in [0, 0.05) is 24.5 Å².